The van der Waals surface area contributed by atoms with Crippen molar-refractivity contribution in [3.8, 4) is 0 Å². The van der Waals surface area contributed by atoms with E-state index in [-0.39, 0.29) is 17.8 Å². The summed E-state index contributed by atoms with van der Waals surface area (Å²) in [7, 11) is -3.11. The average Bonchev–Trinajstić information content (AvgIpc) is 2.35. The SMILES string of the molecule is CC(C)NC(=O)NCc1ccc2c(c1)CCCS2(=O)=O. The number of carbonyl (C=O) groups excluding carboxylic acids is 1. The number of hydrogen-bond donors (Lipinski definition) is 2. The summed E-state index contributed by atoms with van der Waals surface area (Å²) in [6.07, 6.45) is 1.45. The Morgan fingerprint density at radius 1 is 1.35 bits per heavy atom. The van der Waals surface area contributed by atoms with Crippen LogP contribution < -0.4 is 10.6 Å². The summed E-state index contributed by atoms with van der Waals surface area (Å²) in [6, 6.07) is 5.16. The maximum Gasteiger partial charge on any atom is 0.315 e. The van der Waals surface area contributed by atoms with Crippen molar-refractivity contribution < 1.29 is 13.2 Å². The second-order valence-electron chi connectivity index (χ2n) is 5.35. The van der Waals surface area contributed by atoms with Gasteiger partial charge in [0.25, 0.3) is 0 Å². The van der Waals surface area contributed by atoms with E-state index in [1.807, 2.05) is 19.9 Å². The zero-order valence-corrected chi connectivity index (χ0v) is 12.6. The Bertz CT molecular complexity index is 609. The van der Waals surface area contributed by atoms with Crippen LogP contribution >= 0.6 is 0 Å². The largest absolute Gasteiger partial charge is 0.336 e. The van der Waals surface area contributed by atoms with Crippen molar-refractivity contribution in [3.63, 3.8) is 0 Å². The fraction of sp³-hybridized carbons (Fsp3) is 0.500. The molecule has 0 spiro atoms. The lowest BCUT2D eigenvalue weighted by molar-refractivity contribution is 0.238. The van der Waals surface area contributed by atoms with Crippen LogP contribution in [0.3, 0.4) is 0 Å². The number of urea groups is 1. The number of nitrogens with one attached hydrogen (secondary N) is 2. The van der Waals surface area contributed by atoms with Gasteiger partial charge in [0, 0.05) is 12.6 Å². The van der Waals surface area contributed by atoms with Gasteiger partial charge in [-0.1, -0.05) is 12.1 Å². The molecule has 1 aromatic rings. The van der Waals surface area contributed by atoms with Crippen LogP contribution in [0.1, 0.15) is 31.4 Å². The quantitative estimate of drug-likeness (QED) is 0.890. The molecule has 0 radical (unpaired) electrons. The van der Waals surface area contributed by atoms with E-state index >= 15 is 0 Å². The molecule has 0 saturated carbocycles. The Balaban J connectivity index is 2.07. The zero-order chi connectivity index (χ0) is 14.8. The number of benzene rings is 1. The highest BCUT2D eigenvalue weighted by molar-refractivity contribution is 7.91. The van der Waals surface area contributed by atoms with Crippen molar-refractivity contribution >= 4 is 15.9 Å². The Morgan fingerprint density at radius 3 is 2.80 bits per heavy atom. The highest BCUT2D eigenvalue weighted by atomic mass is 32.2. The molecule has 1 heterocycles. The molecule has 110 valence electrons. The minimum atomic E-state index is -3.11. The lowest BCUT2D eigenvalue weighted by Crippen LogP contribution is -2.39. The number of sulfone groups is 1. The van der Waals surface area contributed by atoms with E-state index in [0.29, 0.717) is 17.9 Å². The Kier molecular flexibility index (Phi) is 4.32. The molecule has 0 saturated heterocycles. The van der Waals surface area contributed by atoms with Crippen LogP contribution in [-0.2, 0) is 22.8 Å². The highest BCUT2D eigenvalue weighted by Crippen LogP contribution is 2.25. The van der Waals surface area contributed by atoms with E-state index in [0.717, 1.165) is 17.5 Å². The van der Waals surface area contributed by atoms with Crippen molar-refractivity contribution in [1.29, 1.82) is 0 Å². The lowest BCUT2D eigenvalue weighted by atomic mass is 10.1. The molecule has 2 N–H and O–H groups in total. The molecule has 5 nitrogen and oxygen atoms in total. The minimum absolute atomic E-state index is 0.0867. The molecule has 1 aliphatic rings. The van der Waals surface area contributed by atoms with Gasteiger partial charge in [-0.05, 0) is 43.9 Å². The van der Waals surface area contributed by atoms with Gasteiger partial charge in [-0.2, -0.15) is 0 Å². The van der Waals surface area contributed by atoms with Crippen molar-refractivity contribution in [3.05, 3.63) is 29.3 Å². The fourth-order valence-electron chi connectivity index (χ4n) is 2.30. The second-order valence-corrected chi connectivity index (χ2v) is 7.42. The number of rotatable bonds is 3. The predicted molar refractivity (Wildman–Crippen MR) is 77.3 cm³/mol. The van der Waals surface area contributed by atoms with E-state index in [9.17, 15) is 13.2 Å². The normalized spacial score (nSPS) is 16.6. The van der Waals surface area contributed by atoms with Crippen LogP contribution in [0.2, 0.25) is 0 Å². The first-order valence-electron chi connectivity index (χ1n) is 6.77. The molecule has 0 aliphatic carbocycles. The Morgan fingerprint density at radius 2 is 2.10 bits per heavy atom. The van der Waals surface area contributed by atoms with E-state index in [2.05, 4.69) is 10.6 Å². The van der Waals surface area contributed by atoms with Crippen LogP contribution in [0.25, 0.3) is 0 Å². The predicted octanol–water partition coefficient (Wildman–Crippen LogP) is 1.61. The van der Waals surface area contributed by atoms with Crippen LogP contribution in [0, 0.1) is 0 Å². The van der Waals surface area contributed by atoms with E-state index in [1.54, 1.807) is 12.1 Å². The third-order valence-electron chi connectivity index (χ3n) is 3.19. The first-order chi connectivity index (χ1) is 9.38. The first kappa shape index (κ1) is 14.8. The number of carbonyl (C=O) groups is 1. The molecule has 2 rings (SSSR count). The smallest absolute Gasteiger partial charge is 0.315 e. The van der Waals surface area contributed by atoms with E-state index in [1.165, 1.54) is 0 Å². The molecule has 0 atom stereocenters. The van der Waals surface area contributed by atoms with Crippen LogP contribution in [0.4, 0.5) is 4.79 Å². The summed E-state index contributed by atoms with van der Waals surface area (Å²) in [5.74, 6) is 0.231. The fourth-order valence-corrected chi connectivity index (χ4v) is 3.88. The van der Waals surface area contributed by atoms with Crippen LogP contribution in [0.15, 0.2) is 23.1 Å². The summed E-state index contributed by atoms with van der Waals surface area (Å²) < 4.78 is 23.8. The first-order valence-corrected chi connectivity index (χ1v) is 8.42. The highest BCUT2D eigenvalue weighted by Gasteiger charge is 2.23. The molecule has 0 unspecified atom stereocenters. The molecular formula is C14H20N2O3S. The van der Waals surface area contributed by atoms with Gasteiger partial charge in [0.1, 0.15) is 0 Å². The number of aryl methyl sites for hydroxylation is 1. The van der Waals surface area contributed by atoms with Gasteiger partial charge in [0.05, 0.1) is 10.6 Å². The molecule has 0 aromatic heterocycles. The van der Waals surface area contributed by atoms with Crippen LogP contribution in [-0.4, -0.2) is 26.2 Å². The molecule has 0 fully saturated rings. The van der Waals surface area contributed by atoms with Gasteiger partial charge in [-0.15, -0.1) is 0 Å². The maximum atomic E-state index is 11.9. The van der Waals surface area contributed by atoms with Gasteiger partial charge >= 0.3 is 6.03 Å². The van der Waals surface area contributed by atoms with Gasteiger partial charge in [-0.25, -0.2) is 13.2 Å². The third-order valence-corrected chi connectivity index (χ3v) is 5.09. The summed E-state index contributed by atoms with van der Waals surface area (Å²) in [5.41, 5.74) is 1.78. The molecule has 2 amide bonds. The van der Waals surface area contributed by atoms with Crippen molar-refractivity contribution in [1.82, 2.24) is 10.6 Å². The van der Waals surface area contributed by atoms with Crippen molar-refractivity contribution in [2.45, 2.75) is 44.2 Å². The molecule has 20 heavy (non-hydrogen) atoms. The van der Waals surface area contributed by atoms with Crippen molar-refractivity contribution in [2.24, 2.45) is 0 Å². The number of amides is 2. The molecule has 0 bridgehead atoms. The van der Waals surface area contributed by atoms with Gasteiger partial charge in [-0.3, -0.25) is 0 Å². The summed E-state index contributed by atoms with van der Waals surface area (Å²) >= 11 is 0. The van der Waals surface area contributed by atoms with Gasteiger partial charge in [0.2, 0.25) is 0 Å². The number of hydrogen-bond acceptors (Lipinski definition) is 3. The van der Waals surface area contributed by atoms with Crippen LogP contribution in [0.5, 0.6) is 0 Å². The Hall–Kier alpha value is -1.56. The topological polar surface area (TPSA) is 75.3 Å². The maximum absolute atomic E-state index is 11.9. The summed E-state index contributed by atoms with van der Waals surface area (Å²) in [4.78, 5) is 11.9. The summed E-state index contributed by atoms with van der Waals surface area (Å²) in [6.45, 7) is 4.18. The Labute approximate surface area is 119 Å². The van der Waals surface area contributed by atoms with Crippen molar-refractivity contribution in [2.75, 3.05) is 5.75 Å². The third kappa shape index (κ3) is 3.50. The lowest BCUT2D eigenvalue weighted by Gasteiger charge is -2.17. The molecule has 1 aliphatic heterocycles. The number of fused-ring (bicyclic) bond motifs is 1. The minimum Gasteiger partial charge on any atom is -0.336 e. The van der Waals surface area contributed by atoms with E-state index in [4.69, 9.17) is 0 Å². The average molecular weight is 296 g/mol. The zero-order valence-electron chi connectivity index (χ0n) is 11.8. The monoisotopic (exact) mass is 296 g/mol. The standard InChI is InChI=1S/C14H20N2O3S/c1-10(2)16-14(17)15-9-11-5-6-13-12(8-11)4-3-7-20(13,18)19/h5-6,8,10H,3-4,7,9H2,1-2H3,(H2,15,16,17). The van der Waals surface area contributed by atoms with E-state index < -0.39 is 9.84 Å². The molecule has 6 heteroatoms. The molecule has 1 aromatic carbocycles. The molecular weight excluding hydrogens is 276 g/mol. The summed E-state index contributed by atoms with van der Waals surface area (Å²) in [5, 5.41) is 5.50. The van der Waals surface area contributed by atoms with Gasteiger partial charge in [0.15, 0.2) is 9.84 Å². The second kappa shape index (κ2) is 5.83. The van der Waals surface area contributed by atoms with Gasteiger partial charge < -0.3 is 10.6 Å².